The highest BCUT2D eigenvalue weighted by Gasteiger charge is 2.35. The van der Waals surface area contributed by atoms with Crippen molar-refractivity contribution >= 4 is 5.97 Å². The van der Waals surface area contributed by atoms with E-state index < -0.39 is 46.7 Å². The number of rotatable bonds is 4. The molecule has 0 amide bonds. The minimum absolute atomic E-state index is 0.507. The zero-order chi connectivity index (χ0) is 20.4. The molecule has 2 aliphatic carbocycles. The Labute approximate surface area is 161 Å². The molecule has 1 aromatic rings. The van der Waals surface area contributed by atoms with E-state index in [1.54, 1.807) is 0 Å². The van der Waals surface area contributed by atoms with Gasteiger partial charge in [-0.15, -0.1) is 0 Å². The van der Waals surface area contributed by atoms with E-state index in [1.807, 2.05) is 0 Å². The molecule has 2 aliphatic rings. The molecule has 0 bridgehead atoms. The molecule has 28 heavy (non-hydrogen) atoms. The first-order valence-corrected chi connectivity index (χ1v) is 10.1. The molecule has 2 fully saturated rings. The molecule has 0 heterocycles. The number of benzene rings is 1. The molecule has 0 N–H and O–H groups in total. The van der Waals surface area contributed by atoms with Crippen LogP contribution in [0.3, 0.4) is 0 Å². The first-order valence-electron chi connectivity index (χ1n) is 10.1. The summed E-state index contributed by atoms with van der Waals surface area (Å²) in [5.74, 6) is -11.8. The lowest BCUT2D eigenvalue weighted by Gasteiger charge is -2.37. The van der Waals surface area contributed by atoms with Gasteiger partial charge in [-0.2, -0.15) is 8.78 Å². The maximum absolute atomic E-state index is 13.7. The van der Waals surface area contributed by atoms with E-state index in [1.165, 1.54) is 32.1 Å². The third-order valence-corrected chi connectivity index (χ3v) is 6.61. The maximum Gasteiger partial charge on any atom is 0.314 e. The van der Waals surface area contributed by atoms with Crippen LogP contribution in [0.15, 0.2) is 0 Å². The van der Waals surface area contributed by atoms with Crippen LogP contribution in [0.1, 0.15) is 64.7 Å². The van der Waals surface area contributed by atoms with Crippen molar-refractivity contribution in [3.63, 3.8) is 0 Å². The first kappa shape index (κ1) is 21.1. The number of esters is 1. The van der Waals surface area contributed by atoms with Crippen molar-refractivity contribution < 1.29 is 31.5 Å². The number of ether oxygens (including phenoxy) is 1. The predicted octanol–water partition coefficient (Wildman–Crippen LogP) is 6.31. The number of carbonyl (C=O) groups is 1. The number of hydrogen-bond acceptors (Lipinski definition) is 2. The minimum Gasteiger partial charge on any atom is -0.420 e. The van der Waals surface area contributed by atoms with Gasteiger partial charge in [0.25, 0.3) is 0 Å². The largest absolute Gasteiger partial charge is 0.420 e. The molecule has 0 radical (unpaired) electrons. The molecule has 0 unspecified atom stereocenters. The average molecular weight is 404 g/mol. The number of halogens is 5. The van der Waals surface area contributed by atoms with Gasteiger partial charge in [0, 0.05) is 0 Å². The Bertz CT molecular complexity index is 691. The van der Waals surface area contributed by atoms with E-state index in [0.29, 0.717) is 24.7 Å². The molecule has 0 atom stereocenters. The lowest BCUT2D eigenvalue weighted by Crippen LogP contribution is -2.30. The van der Waals surface area contributed by atoms with Crippen LogP contribution in [0.5, 0.6) is 5.75 Å². The molecule has 3 rings (SSSR count). The summed E-state index contributed by atoms with van der Waals surface area (Å²) < 4.78 is 71.6. The molecule has 0 aliphatic heterocycles. The van der Waals surface area contributed by atoms with Crippen LogP contribution in [0.25, 0.3) is 0 Å². The fourth-order valence-corrected chi connectivity index (χ4v) is 4.75. The quantitative estimate of drug-likeness (QED) is 0.193. The summed E-state index contributed by atoms with van der Waals surface area (Å²) in [5, 5.41) is 0. The van der Waals surface area contributed by atoms with Gasteiger partial charge in [-0.25, -0.2) is 13.2 Å². The Morgan fingerprint density at radius 3 is 1.64 bits per heavy atom. The Kier molecular flexibility index (Phi) is 6.61. The first-order chi connectivity index (χ1) is 13.3. The lowest BCUT2D eigenvalue weighted by molar-refractivity contribution is -0.141. The van der Waals surface area contributed by atoms with E-state index in [9.17, 15) is 26.7 Å². The van der Waals surface area contributed by atoms with E-state index in [4.69, 9.17) is 0 Å². The van der Waals surface area contributed by atoms with Crippen molar-refractivity contribution in [3.05, 3.63) is 29.1 Å². The van der Waals surface area contributed by atoms with Crippen molar-refractivity contribution in [2.24, 2.45) is 23.7 Å². The summed E-state index contributed by atoms with van der Waals surface area (Å²) in [6.07, 6.45) is 8.73. The van der Waals surface area contributed by atoms with Gasteiger partial charge in [0.05, 0.1) is 5.92 Å². The molecule has 2 nitrogen and oxygen atoms in total. The third-order valence-electron chi connectivity index (χ3n) is 6.61. The van der Waals surface area contributed by atoms with Crippen molar-refractivity contribution in [1.29, 1.82) is 0 Å². The molecule has 7 heteroatoms. The Balaban J connectivity index is 1.58. The summed E-state index contributed by atoms with van der Waals surface area (Å²) in [4.78, 5) is 12.3. The van der Waals surface area contributed by atoms with Crippen LogP contribution >= 0.6 is 0 Å². The Morgan fingerprint density at radius 2 is 1.18 bits per heavy atom. The van der Waals surface area contributed by atoms with Gasteiger partial charge in [0.1, 0.15) is 0 Å². The van der Waals surface area contributed by atoms with Crippen molar-refractivity contribution in [3.8, 4) is 5.75 Å². The van der Waals surface area contributed by atoms with Crippen LogP contribution < -0.4 is 4.74 Å². The van der Waals surface area contributed by atoms with Gasteiger partial charge in [-0.3, -0.25) is 4.79 Å². The van der Waals surface area contributed by atoms with Crippen molar-refractivity contribution in [1.82, 2.24) is 0 Å². The van der Waals surface area contributed by atoms with E-state index >= 15 is 0 Å². The highest BCUT2D eigenvalue weighted by molar-refractivity contribution is 5.75. The molecular formula is C21H25F5O2. The van der Waals surface area contributed by atoms with Crippen LogP contribution in [-0.2, 0) is 4.79 Å². The van der Waals surface area contributed by atoms with E-state index in [-0.39, 0.29) is 0 Å². The monoisotopic (exact) mass is 404 g/mol. The van der Waals surface area contributed by atoms with E-state index in [0.717, 1.165) is 18.8 Å². The highest BCUT2D eigenvalue weighted by Crippen LogP contribution is 2.42. The van der Waals surface area contributed by atoms with E-state index in [2.05, 4.69) is 11.7 Å². The Morgan fingerprint density at radius 1 is 0.750 bits per heavy atom. The topological polar surface area (TPSA) is 26.3 Å². The third kappa shape index (κ3) is 4.18. The van der Waals surface area contributed by atoms with Gasteiger partial charge in [0.2, 0.25) is 34.8 Å². The normalized spacial score (nSPS) is 28.2. The standard InChI is InChI=1S/C21H25F5O2/c1-2-11-3-5-12(6-4-11)13-7-9-14(10-8-13)21(27)28-20-18(25)16(23)15(22)17(24)19(20)26/h11-14H,2-10H2,1H3. The molecular weight excluding hydrogens is 379 g/mol. The molecule has 0 saturated heterocycles. The smallest absolute Gasteiger partial charge is 0.314 e. The molecule has 1 aromatic carbocycles. The molecule has 156 valence electrons. The zero-order valence-electron chi connectivity index (χ0n) is 15.9. The summed E-state index contributed by atoms with van der Waals surface area (Å²) >= 11 is 0. The molecule has 0 aromatic heterocycles. The summed E-state index contributed by atoms with van der Waals surface area (Å²) in [6, 6.07) is 0. The minimum atomic E-state index is -2.27. The maximum atomic E-state index is 13.7. The van der Waals surface area contributed by atoms with Crippen LogP contribution in [0.2, 0.25) is 0 Å². The summed E-state index contributed by atoms with van der Waals surface area (Å²) in [6.45, 7) is 2.21. The SMILES string of the molecule is CCC1CCC(C2CCC(C(=O)Oc3c(F)c(F)c(F)c(F)c3F)CC2)CC1. The predicted molar refractivity (Wildman–Crippen MR) is 93.1 cm³/mol. The fraction of sp³-hybridized carbons (Fsp3) is 0.667. The summed E-state index contributed by atoms with van der Waals surface area (Å²) in [7, 11) is 0. The van der Waals surface area contributed by atoms with Gasteiger partial charge >= 0.3 is 5.97 Å². The van der Waals surface area contributed by atoms with Crippen molar-refractivity contribution in [2.45, 2.75) is 64.7 Å². The molecule has 2 saturated carbocycles. The second-order valence-electron chi connectivity index (χ2n) is 8.12. The van der Waals surface area contributed by atoms with Crippen molar-refractivity contribution in [2.75, 3.05) is 0 Å². The molecule has 0 spiro atoms. The summed E-state index contributed by atoms with van der Waals surface area (Å²) in [5.41, 5.74) is 0. The number of hydrogen-bond donors (Lipinski definition) is 0. The average Bonchev–Trinajstić information content (AvgIpc) is 2.74. The number of carbonyl (C=O) groups excluding carboxylic acids is 1. The zero-order valence-corrected chi connectivity index (χ0v) is 15.9. The second-order valence-corrected chi connectivity index (χ2v) is 8.12. The van der Waals surface area contributed by atoms with Gasteiger partial charge in [-0.05, 0) is 56.3 Å². The second kappa shape index (κ2) is 8.78. The highest BCUT2D eigenvalue weighted by atomic mass is 19.2. The van der Waals surface area contributed by atoms with Crippen LogP contribution in [0.4, 0.5) is 22.0 Å². The van der Waals surface area contributed by atoms with Gasteiger partial charge in [0.15, 0.2) is 0 Å². The van der Waals surface area contributed by atoms with Crippen LogP contribution in [-0.4, -0.2) is 5.97 Å². The van der Waals surface area contributed by atoms with Crippen LogP contribution in [0, 0.1) is 52.8 Å². The Hall–Kier alpha value is -1.66. The van der Waals surface area contributed by atoms with Gasteiger partial charge in [-0.1, -0.05) is 26.2 Å². The fourth-order valence-electron chi connectivity index (χ4n) is 4.75. The lowest BCUT2D eigenvalue weighted by atomic mass is 9.69. The van der Waals surface area contributed by atoms with Gasteiger partial charge < -0.3 is 4.74 Å².